The largest absolute Gasteiger partial charge is 0.383 e. The maximum absolute atomic E-state index is 12.5. The molecule has 1 unspecified atom stereocenters. The van der Waals surface area contributed by atoms with E-state index in [-0.39, 0.29) is 11.9 Å². The van der Waals surface area contributed by atoms with Gasteiger partial charge in [0.1, 0.15) is 5.69 Å². The van der Waals surface area contributed by atoms with Gasteiger partial charge in [0.25, 0.3) is 5.91 Å². The van der Waals surface area contributed by atoms with Crippen LogP contribution in [0.25, 0.3) is 10.9 Å². The predicted octanol–water partition coefficient (Wildman–Crippen LogP) is 3.98. The summed E-state index contributed by atoms with van der Waals surface area (Å²) in [5.74, 6) is -0.0833. The number of anilines is 1. The number of aryl methyl sites for hydroxylation is 1. The number of hydrogen-bond donors (Lipinski definition) is 3. The zero-order valence-corrected chi connectivity index (χ0v) is 13.9. The molecule has 5 heteroatoms. The molecule has 1 aliphatic heterocycles. The van der Waals surface area contributed by atoms with Crippen molar-refractivity contribution in [2.45, 2.75) is 18.9 Å². The minimum Gasteiger partial charge on any atom is -0.383 e. The van der Waals surface area contributed by atoms with Crippen LogP contribution in [0.1, 0.15) is 22.5 Å². The standard InChI is InChI=1S/C19H18ClN3O/c20-14-6-8-17-13(9-14)10-18(23-17)19(24)22-15-7-5-12-3-1-2-4-16(12)21-11-15/h1-4,6,8-10,15,21,23H,5,7,11H2,(H,22,24). The van der Waals surface area contributed by atoms with Crippen molar-refractivity contribution in [1.82, 2.24) is 10.3 Å². The molecule has 3 N–H and O–H groups in total. The first-order valence-electron chi connectivity index (χ1n) is 8.10. The number of halogens is 1. The van der Waals surface area contributed by atoms with E-state index in [0.717, 1.165) is 36.0 Å². The predicted molar refractivity (Wildman–Crippen MR) is 97.8 cm³/mol. The summed E-state index contributed by atoms with van der Waals surface area (Å²) in [4.78, 5) is 15.7. The summed E-state index contributed by atoms with van der Waals surface area (Å²) in [6.07, 6.45) is 1.87. The van der Waals surface area contributed by atoms with Crippen molar-refractivity contribution in [2.24, 2.45) is 0 Å². The Bertz CT molecular complexity index is 876. The summed E-state index contributed by atoms with van der Waals surface area (Å²) in [5.41, 5.74) is 3.94. The van der Waals surface area contributed by atoms with Crippen molar-refractivity contribution in [1.29, 1.82) is 0 Å². The van der Waals surface area contributed by atoms with E-state index in [1.54, 1.807) is 0 Å². The number of para-hydroxylation sites is 1. The van der Waals surface area contributed by atoms with Gasteiger partial charge in [-0.3, -0.25) is 4.79 Å². The average Bonchev–Trinajstić information content (AvgIpc) is 2.90. The van der Waals surface area contributed by atoms with E-state index in [9.17, 15) is 4.79 Å². The number of rotatable bonds is 2. The Labute approximate surface area is 145 Å². The summed E-state index contributed by atoms with van der Waals surface area (Å²) >= 11 is 6.00. The third kappa shape index (κ3) is 2.97. The second-order valence-electron chi connectivity index (χ2n) is 6.16. The molecule has 24 heavy (non-hydrogen) atoms. The summed E-state index contributed by atoms with van der Waals surface area (Å²) in [5, 5.41) is 8.15. The number of aromatic amines is 1. The fourth-order valence-electron chi connectivity index (χ4n) is 3.19. The van der Waals surface area contributed by atoms with E-state index in [1.807, 2.05) is 30.3 Å². The lowest BCUT2D eigenvalue weighted by atomic mass is 10.1. The van der Waals surface area contributed by atoms with Gasteiger partial charge >= 0.3 is 0 Å². The molecule has 4 rings (SSSR count). The SMILES string of the molecule is O=C(NC1CCc2ccccc2NC1)c1cc2cc(Cl)ccc2[nH]1. The number of fused-ring (bicyclic) bond motifs is 2. The van der Waals surface area contributed by atoms with Crippen molar-refractivity contribution in [3.63, 3.8) is 0 Å². The highest BCUT2D eigenvalue weighted by atomic mass is 35.5. The minimum absolute atomic E-state index is 0.0833. The number of aromatic nitrogens is 1. The zero-order valence-electron chi connectivity index (χ0n) is 13.1. The lowest BCUT2D eigenvalue weighted by Gasteiger charge is -2.16. The summed E-state index contributed by atoms with van der Waals surface area (Å²) in [6, 6.07) is 15.8. The fourth-order valence-corrected chi connectivity index (χ4v) is 3.37. The van der Waals surface area contributed by atoms with Gasteiger partial charge in [-0.1, -0.05) is 29.8 Å². The van der Waals surface area contributed by atoms with E-state index < -0.39 is 0 Å². The highest BCUT2D eigenvalue weighted by molar-refractivity contribution is 6.31. The zero-order chi connectivity index (χ0) is 16.5. The number of hydrogen-bond acceptors (Lipinski definition) is 2. The monoisotopic (exact) mass is 339 g/mol. The van der Waals surface area contributed by atoms with Crippen LogP contribution in [-0.2, 0) is 6.42 Å². The highest BCUT2D eigenvalue weighted by Gasteiger charge is 2.19. The van der Waals surface area contributed by atoms with Crippen LogP contribution in [0.3, 0.4) is 0 Å². The molecule has 1 atom stereocenters. The molecule has 0 saturated carbocycles. The molecule has 122 valence electrons. The smallest absolute Gasteiger partial charge is 0.268 e. The van der Waals surface area contributed by atoms with Gasteiger partial charge in [0.15, 0.2) is 0 Å². The number of H-pyrrole nitrogens is 1. The Morgan fingerprint density at radius 2 is 2.04 bits per heavy atom. The summed E-state index contributed by atoms with van der Waals surface area (Å²) in [7, 11) is 0. The van der Waals surface area contributed by atoms with Gasteiger partial charge in [-0.25, -0.2) is 0 Å². The third-order valence-corrected chi connectivity index (χ3v) is 4.72. The van der Waals surface area contributed by atoms with Crippen molar-refractivity contribution < 1.29 is 4.79 Å². The van der Waals surface area contributed by atoms with Crippen molar-refractivity contribution >= 4 is 34.1 Å². The average molecular weight is 340 g/mol. The lowest BCUT2D eigenvalue weighted by Crippen LogP contribution is -2.39. The molecule has 0 spiro atoms. The summed E-state index contributed by atoms with van der Waals surface area (Å²) in [6.45, 7) is 0.731. The van der Waals surface area contributed by atoms with Crippen LogP contribution in [0.5, 0.6) is 0 Å². The maximum atomic E-state index is 12.5. The van der Waals surface area contributed by atoms with Gasteiger partial charge in [0.05, 0.1) is 0 Å². The Morgan fingerprint density at radius 1 is 1.17 bits per heavy atom. The van der Waals surface area contributed by atoms with Gasteiger partial charge in [-0.05, 0) is 48.7 Å². The third-order valence-electron chi connectivity index (χ3n) is 4.48. The van der Waals surface area contributed by atoms with Crippen LogP contribution < -0.4 is 10.6 Å². The second kappa shape index (κ2) is 6.21. The molecule has 1 amide bonds. The Morgan fingerprint density at radius 3 is 2.96 bits per heavy atom. The molecule has 0 saturated heterocycles. The molecule has 1 aliphatic rings. The van der Waals surface area contributed by atoms with Gasteiger partial charge < -0.3 is 15.6 Å². The van der Waals surface area contributed by atoms with Crippen LogP contribution >= 0.6 is 11.6 Å². The van der Waals surface area contributed by atoms with E-state index >= 15 is 0 Å². The minimum atomic E-state index is -0.0833. The van der Waals surface area contributed by atoms with E-state index in [0.29, 0.717) is 10.7 Å². The number of benzene rings is 2. The second-order valence-corrected chi connectivity index (χ2v) is 6.60. The Hall–Kier alpha value is -2.46. The molecule has 4 nitrogen and oxygen atoms in total. The van der Waals surface area contributed by atoms with Crippen LogP contribution in [-0.4, -0.2) is 23.5 Å². The molecule has 0 fully saturated rings. The first kappa shape index (κ1) is 15.1. The van der Waals surface area contributed by atoms with Crippen molar-refractivity contribution in [3.8, 4) is 0 Å². The first-order valence-corrected chi connectivity index (χ1v) is 8.48. The van der Waals surface area contributed by atoms with Crippen molar-refractivity contribution in [3.05, 3.63) is 64.8 Å². The fraction of sp³-hybridized carbons (Fsp3) is 0.211. The normalized spacial score (nSPS) is 17.0. The van der Waals surface area contributed by atoms with Gasteiger partial charge in [-0.15, -0.1) is 0 Å². The van der Waals surface area contributed by atoms with Gasteiger partial charge in [0.2, 0.25) is 0 Å². The molecule has 0 bridgehead atoms. The van der Waals surface area contributed by atoms with E-state index in [4.69, 9.17) is 11.6 Å². The molecule has 1 aromatic heterocycles. The number of nitrogens with one attached hydrogen (secondary N) is 3. The topological polar surface area (TPSA) is 56.9 Å². The first-order chi connectivity index (χ1) is 11.7. The summed E-state index contributed by atoms with van der Waals surface area (Å²) < 4.78 is 0. The number of carbonyl (C=O) groups is 1. The van der Waals surface area contributed by atoms with Gasteiger partial charge in [-0.2, -0.15) is 0 Å². The van der Waals surface area contributed by atoms with Crippen LogP contribution in [0.15, 0.2) is 48.5 Å². The van der Waals surface area contributed by atoms with E-state index in [2.05, 4.69) is 33.8 Å². The lowest BCUT2D eigenvalue weighted by molar-refractivity contribution is 0.0933. The molecular weight excluding hydrogens is 322 g/mol. The number of amides is 1. The molecule has 2 heterocycles. The molecule has 2 aromatic carbocycles. The van der Waals surface area contributed by atoms with Crippen LogP contribution in [0.2, 0.25) is 5.02 Å². The Kier molecular flexibility index (Phi) is 3.90. The molecular formula is C19H18ClN3O. The van der Waals surface area contributed by atoms with Gasteiger partial charge in [0, 0.05) is 34.2 Å². The maximum Gasteiger partial charge on any atom is 0.268 e. The quantitative estimate of drug-likeness (QED) is 0.661. The highest BCUT2D eigenvalue weighted by Crippen LogP contribution is 2.22. The van der Waals surface area contributed by atoms with E-state index in [1.165, 1.54) is 5.56 Å². The van der Waals surface area contributed by atoms with Crippen LogP contribution in [0.4, 0.5) is 5.69 Å². The molecule has 0 radical (unpaired) electrons. The van der Waals surface area contributed by atoms with Crippen LogP contribution in [0, 0.1) is 0 Å². The molecule has 3 aromatic rings. The Balaban J connectivity index is 1.47. The van der Waals surface area contributed by atoms with Crippen molar-refractivity contribution in [2.75, 3.05) is 11.9 Å². The molecule has 0 aliphatic carbocycles. The number of carbonyl (C=O) groups excluding carboxylic acids is 1.